The van der Waals surface area contributed by atoms with Crippen molar-refractivity contribution in [3.63, 3.8) is 0 Å². The second kappa shape index (κ2) is 3.89. The Kier molecular flexibility index (Phi) is 3.20. The number of hydrogen-bond acceptors (Lipinski definition) is 2. The molecule has 0 heterocycles. The summed E-state index contributed by atoms with van der Waals surface area (Å²) in [7, 11) is 0. The van der Waals surface area contributed by atoms with Gasteiger partial charge >= 0.3 is 5.97 Å². The normalized spacial score (nSPS) is 33.9. The van der Waals surface area contributed by atoms with E-state index in [4.69, 9.17) is 10.8 Å². The van der Waals surface area contributed by atoms with E-state index in [-0.39, 0.29) is 17.9 Å². The molecule has 0 aliphatic heterocycles. The monoisotopic (exact) mass is 199 g/mol. The van der Waals surface area contributed by atoms with Crippen molar-refractivity contribution in [1.29, 1.82) is 0 Å². The van der Waals surface area contributed by atoms with E-state index in [1.54, 1.807) is 0 Å². The first-order chi connectivity index (χ1) is 6.37. The highest BCUT2D eigenvalue weighted by molar-refractivity contribution is 5.68. The highest BCUT2D eigenvalue weighted by Crippen LogP contribution is 2.52. The first-order valence-electron chi connectivity index (χ1n) is 5.35. The van der Waals surface area contributed by atoms with Gasteiger partial charge in [-0.3, -0.25) is 4.79 Å². The Morgan fingerprint density at radius 1 is 1.50 bits per heavy atom. The summed E-state index contributed by atoms with van der Waals surface area (Å²) in [5, 5.41) is 8.83. The Hall–Kier alpha value is -0.570. The molecule has 1 atom stereocenters. The molecule has 0 saturated heterocycles. The van der Waals surface area contributed by atoms with Crippen LogP contribution in [0.4, 0.5) is 0 Å². The van der Waals surface area contributed by atoms with Gasteiger partial charge in [0.05, 0.1) is 6.42 Å². The fraction of sp³-hybridized carbons (Fsp3) is 0.909. The maximum atomic E-state index is 10.7. The van der Waals surface area contributed by atoms with Crippen LogP contribution in [-0.4, -0.2) is 17.1 Å². The maximum absolute atomic E-state index is 10.7. The fourth-order valence-electron chi connectivity index (χ4n) is 2.43. The van der Waals surface area contributed by atoms with Crippen molar-refractivity contribution in [2.45, 2.75) is 46.1 Å². The quantitative estimate of drug-likeness (QED) is 0.726. The van der Waals surface area contributed by atoms with E-state index >= 15 is 0 Å². The molecule has 3 heteroatoms. The second-order valence-electron chi connectivity index (χ2n) is 5.13. The van der Waals surface area contributed by atoms with Crippen LogP contribution in [0.25, 0.3) is 0 Å². The minimum Gasteiger partial charge on any atom is -0.481 e. The number of nitrogens with two attached hydrogens (primary N) is 1. The third-order valence-corrected chi connectivity index (χ3v) is 3.75. The van der Waals surface area contributed by atoms with Crippen molar-refractivity contribution in [2.75, 3.05) is 0 Å². The molecular weight excluding hydrogens is 178 g/mol. The summed E-state index contributed by atoms with van der Waals surface area (Å²) in [5.74, 6) is 0.598. The predicted molar refractivity (Wildman–Crippen MR) is 55.9 cm³/mol. The average Bonchev–Trinajstić information content (AvgIpc) is 1.93. The van der Waals surface area contributed by atoms with Crippen LogP contribution < -0.4 is 5.73 Å². The molecule has 1 unspecified atom stereocenters. The first-order valence-corrected chi connectivity index (χ1v) is 5.35. The molecule has 3 N–H and O–H groups in total. The van der Waals surface area contributed by atoms with Gasteiger partial charge in [-0.05, 0) is 37.0 Å². The molecule has 82 valence electrons. The van der Waals surface area contributed by atoms with Crippen LogP contribution in [-0.2, 0) is 4.79 Å². The summed E-state index contributed by atoms with van der Waals surface area (Å²) < 4.78 is 0. The lowest BCUT2D eigenvalue weighted by Crippen LogP contribution is -2.51. The van der Waals surface area contributed by atoms with Crippen LogP contribution in [0, 0.1) is 17.3 Å². The highest BCUT2D eigenvalue weighted by atomic mass is 16.4. The molecule has 1 rings (SSSR count). The number of hydrogen-bond donors (Lipinski definition) is 2. The molecule has 0 spiro atoms. The maximum Gasteiger partial charge on any atom is 0.303 e. The highest BCUT2D eigenvalue weighted by Gasteiger charge is 2.48. The number of carbonyl (C=O) groups is 1. The lowest BCUT2D eigenvalue weighted by Gasteiger charge is -2.51. The Bertz CT molecular complexity index is 217. The summed E-state index contributed by atoms with van der Waals surface area (Å²) >= 11 is 0. The van der Waals surface area contributed by atoms with Gasteiger partial charge in [-0.2, -0.15) is 0 Å². The summed E-state index contributed by atoms with van der Waals surface area (Å²) in [5.41, 5.74) is 5.76. The third-order valence-electron chi connectivity index (χ3n) is 3.75. The summed E-state index contributed by atoms with van der Waals surface area (Å²) in [6.07, 6.45) is 2.19. The number of carboxylic acid groups (broad SMARTS) is 1. The van der Waals surface area contributed by atoms with Gasteiger partial charge in [0, 0.05) is 6.04 Å². The molecule has 3 nitrogen and oxygen atoms in total. The summed E-state index contributed by atoms with van der Waals surface area (Å²) in [6, 6.07) is -0.00593. The van der Waals surface area contributed by atoms with E-state index in [1.165, 1.54) is 0 Å². The molecule has 0 aromatic heterocycles. The number of aliphatic carboxylic acids is 1. The van der Waals surface area contributed by atoms with E-state index in [0.717, 1.165) is 12.8 Å². The van der Waals surface area contributed by atoms with Crippen LogP contribution in [0.3, 0.4) is 0 Å². The van der Waals surface area contributed by atoms with Gasteiger partial charge in [-0.25, -0.2) is 0 Å². The zero-order valence-electron chi connectivity index (χ0n) is 9.29. The Labute approximate surface area is 85.7 Å². The smallest absolute Gasteiger partial charge is 0.303 e. The van der Waals surface area contributed by atoms with E-state index < -0.39 is 5.97 Å². The van der Waals surface area contributed by atoms with Crippen LogP contribution >= 0.6 is 0 Å². The van der Waals surface area contributed by atoms with Crippen molar-refractivity contribution in [2.24, 2.45) is 23.0 Å². The van der Waals surface area contributed by atoms with Gasteiger partial charge in [0.25, 0.3) is 0 Å². The molecule has 0 aromatic carbocycles. The zero-order chi connectivity index (χ0) is 10.9. The van der Waals surface area contributed by atoms with Crippen LogP contribution in [0.15, 0.2) is 0 Å². The molecule has 1 aliphatic carbocycles. The third kappa shape index (κ3) is 2.08. The molecule has 0 aromatic rings. The zero-order valence-corrected chi connectivity index (χ0v) is 9.29. The van der Waals surface area contributed by atoms with Crippen molar-refractivity contribution < 1.29 is 9.90 Å². The van der Waals surface area contributed by atoms with Crippen LogP contribution in [0.1, 0.15) is 40.0 Å². The first kappa shape index (κ1) is 11.5. The minimum absolute atomic E-state index is 0.00593. The van der Waals surface area contributed by atoms with E-state index in [0.29, 0.717) is 11.8 Å². The van der Waals surface area contributed by atoms with Crippen LogP contribution in [0.2, 0.25) is 0 Å². The van der Waals surface area contributed by atoms with E-state index in [9.17, 15) is 4.79 Å². The predicted octanol–water partition coefficient (Wildman–Crippen LogP) is 1.86. The number of rotatable bonds is 4. The second-order valence-corrected chi connectivity index (χ2v) is 5.13. The lowest BCUT2D eigenvalue weighted by molar-refractivity contribution is -0.144. The minimum atomic E-state index is -0.718. The van der Waals surface area contributed by atoms with E-state index in [1.807, 2.05) is 6.92 Å². The number of carboxylic acids is 1. The standard InChI is InChI=1S/C11H21NO2/c1-7(2)9-4-11(5-9,8(3)12)6-10(13)14/h7-9H,4-6,12H2,1-3H3,(H,13,14). The molecule has 1 fully saturated rings. The topological polar surface area (TPSA) is 63.3 Å². The largest absolute Gasteiger partial charge is 0.481 e. The van der Waals surface area contributed by atoms with Crippen molar-refractivity contribution in [3.05, 3.63) is 0 Å². The Morgan fingerprint density at radius 2 is 2.00 bits per heavy atom. The Morgan fingerprint density at radius 3 is 2.29 bits per heavy atom. The van der Waals surface area contributed by atoms with Gasteiger partial charge in [0.1, 0.15) is 0 Å². The van der Waals surface area contributed by atoms with Gasteiger partial charge in [0.2, 0.25) is 0 Å². The molecule has 0 bridgehead atoms. The summed E-state index contributed by atoms with van der Waals surface area (Å²) in [6.45, 7) is 6.31. The SMILES string of the molecule is CC(C)C1CC(CC(=O)O)(C(C)N)C1. The lowest BCUT2D eigenvalue weighted by atomic mass is 9.54. The molecule has 1 saturated carbocycles. The van der Waals surface area contributed by atoms with E-state index in [2.05, 4.69) is 13.8 Å². The van der Waals surface area contributed by atoms with Crippen molar-refractivity contribution in [1.82, 2.24) is 0 Å². The summed E-state index contributed by atoms with van der Waals surface area (Å²) in [4.78, 5) is 10.7. The fourth-order valence-corrected chi connectivity index (χ4v) is 2.43. The van der Waals surface area contributed by atoms with Gasteiger partial charge in [-0.15, -0.1) is 0 Å². The molecule has 14 heavy (non-hydrogen) atoms. The average molecular weight is 199 g/mol. The molecule has 0 radical (unpaired) electrons. The molecule has 0 amide bonds. The van der Waals surface area contributed by atoms with Crippen LogP contribution in [0.5, 0.6) is 0 Å². The Balaban J connectivity index is 2.57. The molecular formula is C11H21NO2. The van der Waals surface area contributed by atoms with Gasteiger partial charge < -0.3 is 10.8 Å². The molecule has 1 aliphatic rings. The van der Waals surface area contributed by atoms with Crippen molar-refractivity contribution >= 4 is 5.97 Å². The van der Waals surface area contributed by atoms with Gasteiger partial charge in [-0.1, -0.05) is 13.8 Å². The van der Waals surface area contributed by atoms with Gasteiger partial charge in [0.15, 0.2) is 0 Å². The van der Waals surface area contributed by atoms with Crippen molar-refractivity contribution in [3.8, 4) is 0 Å².